The van der Waals surface area contributed by atoms with Crippen molar-refractivity contribution in [3.63, 3.8) is 0 Å². The summed E-state index contributed by atoms with van der Waals surface area (Å²) in [6.45, 7) is 11.2. The van der Waals surface area contributed by atoms with E-state index in [1.54, 1.807) is 0 Å². The van der Waals surface area contributed by atoms with Crippen molar-refractivity contribution in [2.45, 2.75) is 64.8 Å². The van der Waals surface area contributed by atoms with Gasteiger partial charge < -0.3 is 4.90 Å². The van der Waals surface area contributed by atoms with E-state index in [0.717, 1.165) is 38.8 Å². The van der Waals surface area contributed by atoms with E-state index in [-0.39, 0.29) is 10.8 Å². The molecule has 0 bridgehead atoms. The van der Waals surface area contributed by atoms with Crippen molar-refractivity contribution in [2.75, 3.05) is 24.6 Å². The molecule has 2 saturated heterocycles. The molecule has 0 aromatic heterocycles. The largest absolute Gasteiger partial charge is 0.300 e. The van der Waals surface area contributed by atoms with E-state index >= 15 is 0 Å². The van der Waals surface area contributed by atoms with Crippen LogP contribution in [-0.4, -0.2) is 44.0 Å². The monoisotopic (exact) mass is 363 g/mol. The first-order valence-corrected chi connectivity index (χ1v) is 11.5. The van der Waals surface area contributed by atoms with E-state index in [2.05, 4.69) is 56.9 Å². The minimum Gasteiger partial charge on any atom is -0.300 e. The summed E-state index contributed by atoms with van der Waals surface area (Å²) in [4.78, 5) is 2.50. The summed E-state index contributed by atoms with van der Waals surface area (Å²) in [6, 6.07) is 9.66. The molecule has 3 rings (SSSR count). The molecule has 1 atom stereocenters. The second-order valence-electron chi connectivity index (χ2n) is 9.07. The normalized spacial score (nSPS) is 23.5. The van der Waals surface area contributed by atoms with Crippen LogP contribution in [0.1, 0.15) is 58.1 Å². The van der Waals surface area contributed by atoms with E-state index in [0.29, 0.717) is 17.5 Å². The van der Waals surface area contributed by atoms with Crippen molar-refractivity contribution in [1.29, 1.82) is 0 Å². The molecule has 3 nitrogen and oxygen atoms in total. The third-order valence-electron chi connectivity index (χ3n) is 6.61. The van der Waals surface area contributed by atoms with E-state index in [4.69, 9.17) is 0 Å². The first-order chi connectivity index (χ1) is 11.6. The van der Waals surface area contributed by atoms with Gasteiger partial charge >= 0.3 is 0 Å². The number of likely N-dealkylation sites (tertiary alicyclic amines) is 1. The van der Waals surface area contributed by atoms with Crippen molar-refractivity contribution in [3.05, 3.63) is 35.4 Å². The maximum absolute atomic E-state index is 11.5. The molecule has 1 aromatic carbocycles. The fraction of sp³-hybridized carbons (Fsp3) is 0.714. The maximum Gasteiger partial charge on any atom is 0.151 e. The smallest absolute Gasteiger partial charge is 0.151 e. The molecule has 4 heteroatoms. The minimum atomic E-state index is -2.72. The van der Waals surface area contributed by atoms with Crippen LogP contribution in [0.5, 0.6) is 0 Å². The van der Waals surface area contributed by atoms with Crippen molar-refractivity contribution in [2.24, 2.45) is 5.41 Å². The maximum atomic E-state index is 11.5. The third kappa shape index (κ3) is 4.11. The zero-order valence-corrected chi connectivity index (χ0v) is 17.0. The lowest BCUT2D eigenvalue weighted by Crippen LogP contribution is -2.50. The predicted molar refractivity (Wildman–Crippen MR) is 105 cm³/mol. The summed E-state index contributed by atoms with van der Waals surface area (Å²) in [7, 11) is -2.72. The van der Waals surface area contributed by atoms with E-state index in [1.807, 2.05) is 0 Å². The lowest BCUT2D eigenvalue weighted by Gasteiger charge is -2.38. The number of hydrogen-bond donors (Lipinski definition) is 0. The first kappa shape index (κ1) is 18.9. The van der Waals surface area contributed by atoms with Gasteiger partial charge in [0, 0.05) is 18.0 Å². The molecular formula is C21H33NO2S. The first-order valence-electron chi connectivity index (χ1n) is 9.69. The highest BCUT2D eigenvalue weighted by atomic mass is 32.2. The summed E-state index contributed by atoms with van der Waals surface area (Å²) in [6.07, 6.45) is 4.43. The molecular weight excluding hydrogens is 330 g/mol. The van der Waals surface area contributed by atoms with Gasteiger partial charge in [-0.15, -0.1) is 0 Å². The molecule has 2 aliphatic heterocycles. The third-order valence-corrected chi connectivity index (χ3v) is 8.72. The van der Waals surface area contributed by atoms with Gasteiger partial charge in [0.15, 0.2) is 9.84 Å². The standard InChI is InChI=1S/C21H33NO2S/c1-5-20(3,4)19-10-8-18(9-11-19)7-6-17(2)22-13-12-21(14-22)15-25(23,24)16-21/h8-11,17H,5-7,12-16H2,1-4H3/t17-/m1/s1. The fourth-order valence-electron chi connectivity index (χ4n) is 4.36. The molecule has 1 spiro atoms. The minimum absolute atomic E-state index is 0.0838. The molecule has 140 valence electrons. The summed E-state index contributed by atoms with van der Waals surface area (Å²) in [5.74, 6) is 0.829. The molecule has 0 saturated carbocycles. The Labute approximate surface area is 153 Å². The Morgan fingerprint density at radius 2 is 1.84 bits per heavy atom. The van der Waals surface area contributed by atoms with Gasteiger partial charge in [-0.05, 0) is 55.7 Å². The van der Waals surface area contributed by atoms with Crippen LogP contribution in [0.25, 0.3) is 0 Å². The summed E-state index contributed by atoms with van der Waals surface area (Å²) < 4.78 is 23.1. The highest BCUT2D eigenvalue weighted by molar-refractivity contribution is 7.92. The van der Waals surface area contributed by atoms with Crippen molar-refractivity contribution >= 4 is 9.84 Å². The second kappa shape index (κ2) is 6.70. The molecule has 1 aromatic rings. The quantitative estimate of drug-likeness (QED) is 0.771. The van der Waals surface area contributed by atoms with Crippen LogP contribution in [0, 0.1) is 5.41 Å². The van der Waals surface area contributed by atoms with Crippen LogP contribution >= 0.6 is 0 Å². The predicted octanol–water partition coefficient (Wildman–Crippen LogP) is 3.82. The van der Waals surface area contributed by atoms with Gasteiger partial charge in [0.25, 0.3) is 0 Å². The van der Waals surface area contributed by atoms with Gasteiger partial charge in [0.1, 0.15) is 0 Å². The zero-order chi connectivity index (χ0) is 18.3. The fourth-order valence-corrected chi connectivity index (χ4v) is 6.61. The van der Waals surface area contributed by atoms with Crippen molar-refractivity contribution < 1.29 is 8.42 Å². The molecule has 0 N–H and O–H groups in total. The Balaban J connectivity index is 1.51. The molecule has 25 heavy (non-hydrogen) atoms. The molecule has 2 fully saturated rings. The van der Waals surface area contributed by atoms with E-state index < -0.39 is 9.84 Å². The summed E-state index contributed by atoms with van der Waals surface area (Å²) >= 11 is 0. The highest BCUT2D eigenvalue weighted by Crippen LogP contribution is 2.42. The number of hydrogen-bond acceptors (Lipinski definition) is 3. The number of sulfone groups is 1. The zero-order valence-electron chi connectivity index (χ0n) is 16.2. The van der Waals surface area contributed by atoms with E-state index in [1.165, 1.54) is 11.1 Å². The van der Waals surface area contributed by atoms with Crippen LogP contribution in [0.4, 0.5) is 0 Å². The van der Waals surface area contributed by atoms with Gasteiger partial charge in [0.2, 0.25) is 0 Å². The van der Waals surface area contributed by atoms with Crippen LogP contribution in [0.2, 0.25) is 0 Å². The molecule has 0 radical (unpaired) electrons. The van der Waals surface area contributed by atoms with Gasteiger partial charge in [-0.3, -0.25) is 0 Å². The van der Waals surface area contributed by atoms with E-state index in [9.17, 15) is 8.42 Å². The Kier molecular flexibility index (Phi) is 5.06. The summed E-state index contributed by atoms with van der Waals surface area (Å²) in [5, 5.41) is 0. The average Bonchev–Trinajstić information content (AvgIpc) is 2.96. The molecule has 0 amide bonds. The van der Waals surface area contributed by atoms with Gasteiger partial charge in [0.05, 0.1) is 11.5 Å². The lowest BCUT2D eigenvalue weighted by atomic mass is 9.82. The average molecular weight is 364 g/mol. The van der Waals surface area contributed by atoms with Gasteiger partial charge in [-0.25, -0.2) is 8.42 Å². The number of nitrogens with zero attached hydrogens (tertiary/aromatic N) is 1. The van der Waals surface area contributed by atoms with Gasteiger partial charge in [-0.1, -0.05) is 45.0 Å². The molecule has 2 aliphatic rings. The van der Waals surface area contributed by atoms with Crippen molar-refractivity contribution in [3.8, 4) is 0 Å². The SMILES string of the molecule is CCC(C)(C)c1ccc(CC[C@@H](C)N2CCC3(C2)CS(=O)(=O)C3)cc1. The van der Waals surface area contributed by atoms with Crippen LogP contribution in [0.3, 0.4) is 0 Å². The Morgan fingerprint density at radius 1 is 1.20 bits per heavy atom. The van der Waals surface area contributed by atoms with Crippen LogP contribution in [0.15, 0.2) is 24.3 Å². The topological polar surface area (TPSA) is 37.4 Å². The van der Waals surface area contributed by atoms with Crippen LogP contribution < -0.4 is 0 Å². The molecule has 2 heterocycles. The second-order valence-corrected chi connectivity index (χ2v) is 11.1. The van der Waals surface area contributed by atoms with Crippen LogP contribution in [-0.2, 0) is 21.7 Å². The molecule has 0 unspecified atom stereocenters. The van der Waals surface area contributed by atoms with Crippen molar-refractivity contribution in [1.82, 2.24) is 4.90 Å². The Morgan fingerprint density at radius 3 is 2.40 bits per heavy atom. The lowest BCUT2D eigenvalue weighted by molar-refractivity contribution is 0.216. The van der Waals surface area contributed by atoms with Gasteiger partial charge in [-0.2, -0.15) is 0 Å². The Bertz CT molecular complexity index is 694. The highest BCUT2D eigenvalue weighted by Gasteiger charge is 2.52. The molecule has 0 aliphatic carbocycles. The number of benzene rings is 1. The Hall–Kier alpha value is -0.870. The summed E-state index contributed by atoms with van der Waals surface area (Å²) in [5.41, 5.74) is 3.15. The number of aryl methyl sites for hydroxylation is 1. The number of rotatable bonds is 6.